The second kappa shape index (κ2) is 12.9. The smallest absolute Gasteiger partial charge is 0.306 e. The first-order valence-corrected chi connectivity index (χ1v) is 7.53. The third kappa shape index (κ3) is 10.6. The van der Waals surface area contributed by atoms with Crippen LogP contribution in [0.2, 0.25) is 0 Å². The zero-order valence-electron chi connectivity index (χ0n) is 13.2. The first kappa shape index (κ1) is 19.8. The van der Waals surface area contributed by atoms with E-state index >= 15 is 0 Å². The third-order valence-electron chi connectivity index (χ3n) is 2.71. The second-order valence-electron chi connectivity index (χ2n) is 4.52. The van der Waals surface area contributed by atoms with E-state index in [4.69, 9.17) is 10.5 Å². The Labute approximate surface area is 113 Å². The monoisotopic (exact) mass is 259 g/mol. The van der Waals surface area contributed by atoms with Crippen LogP contribution in [0.25, 0.3) is 0 Å². The standard InChI is InChI=1S/C11H21NO2.2C2H6/c1-8(2)14-11(13)7-9-3-5-10(12)6-4-9;2*1-2/h8-10H,3-7,12H2,1-2H3;2*1-2H3. The number of rotatable bonds is 3. The molecule has 0 saturated heterocycles. The zero-order valence-corrected chi connectivity index (χ0v) is 13.2. The molecule has 0 spiro atoms. The number of hydrogen-bond acceptors (Lipinski definition) is 3. The second-order valence-corrected chi connectivity index (χ2v) is 4.52. The molecular formula is C15H33NO2. The molecule has 0 atom stereocenters. The Balaban J connectivity index is 0. The summed E-state index contributed by atoms with van der Waals surface area (Å²) in [5, 5.41) is 0. The molecule has 0 bridgehead atoms. The normalized spacial score (nSPS) is 22.2. The maximum Gasteiger partial charge on any atom is 0.306 e. The van der Waals surface area contributed by atoms with E-state index in [0.29, 0.717) is 18.4 Å². The van der Waals surface area contributed by atoms with Crippen molar-refractivity contribution < 1.29 is 9.53 Å². The maximum absolute atomic E-state index is 11.3. The van der Waals surface area contributed by atoms with Crippen LogP contribution in [-0.4, -0.2) is 18.1 Å². The van der Waals surface area contributed by atoms with Crippen molar-refractivity contribution in [1.82, 2.24) is 0 Å². The summed E-state index contributed by atoms with van der Waals surface area (Å²) in [4.78, 5) is 11.3. The summed E-state index contributed by atoms with van der Waals surface area (Å²) in [7, 11) is 0. The van der Waals surface area contributed by atoms with Gasteiger partial charge in [0.05, 0.1) is 6.10 Å². The summed E-state index contributed by atoms with van der Waals surface area (Å²) < 4.78 is 5.11. The average Bonchev–Trinajstić information content (AvgIpc) is 2.36. The number of carbonyl (C=O) groups excluding carboxylic acids is 1. The summed E-state index contributed by atoms with van der Waals surface area (Å²) >= 11 is 0. The van der Waals surface area contributed by atoms with Gasteiger partial charge in [-0.25, -0.2) is 0 Å². The lowest BCUT2D eigenvalue weighted by Gasteiger charge is -2.25. The molecule has 18 heavy (non-hydrogen) atoms. The lowest BCUT2D eigenvalue weighted by atomic mass is 9.84. The van der Waals surface area contributed by atoms with Crippen molar-refractivity contribution in [2.75, 3.05) is 0 Å². The molecule has 3 nitrogen and oxygen atoms in total. The molecule has 0 aromatic rings. The van der Waals surface area contributed by atoms with Gasteiger partial charge in [-0.2, -0.15) is 0 Å². The minimum atomic E-state index is -0.0551. The van der Waals surface area contributed by atoms with Crippen LogP contribution in [0.3, 0.4) is 0 Å². The summed E-state index contributed by atoms with van der Waals surface area (Å²) in [6, 6.07) is 0.354. The molecule has 0 amide bonds. The first-order chi connectivity index (χ1) is 8.58. The van der Waals surface area contributed by atoms with Crippen molar-refractivity contribution in [2.24, 2.45) is 11.7 Å². The average molecular weight is 259 g/mol. The highest BCUT2D eigenvalue weighted by molar-refractivity contribution is 5.69. The van der Waals surface area contributed by atoms with Crippen molar-refractivity contribution >= 4 is 5.97 Å². The highest BCUT2D eigenvalue weighted by Gasteiger charge is 2.21. The third-order valence-corrected chi connectivity index (χ3v) is 2.71. The van der Waals surface area contributed by atoms with Crippen LogP contribution >= 0.6 is 0 Å². The quantitative estimate of drug-likeness (QED) is 0.782. The molecule has 1 saturated carbocycles. The van der Waals surface area contributed by atoms with Gasteiger partial charge < -0.3 is 10.5 Å². The molecule has 0 aromatic heterocycles. The Morgan fingerprint density at radius 1 is 1.11 bits per heavy atom. The van der Waals surface area contributed by atoms with Crippen molar-refractivity contribution in [3.8, 4) is 0 Å². The van der Waals surface area contributed by atoms with Gasteiger partial charge in [0.2, 0.25) is 0 Å². The summed E-state index contributed by atoms with van der Waals surface area (Å²) in [6.07, 6.45) is 4.85. The van der Waals surface area contributed by atoms with Crippen LogP contribution in [0.15, 0.2) is 0 Å². The van der Waals surface area contributed by atoms with E-state index in [1.807, 2.05) is 41.5 Å². The van der Waals surface area contributed by atoms with Gasteiger partial charge in [-0.15, -0.1) is 0 Å². The minimum Gasteiger partial charge on any atom is -0.463 e. The Kier molecular flexibility index (Phi) is 14.1. The van der Waals surface area contributed by atoms with E-state index in [1.165, 1.54) is 0 Å². The fraction of sp³-hybridized carbons (Fsp3) is 0.933. The molecule has 2 N–H and O–H groups in total. The van der Waals surface area contributed by atoms with Gasteiger partial charge in [0.1, 0.15) is 0 Å². The number of esters is 1. The number of ether oxygens (including phenoxy) is 1. The number of hydrogen-bond donors (Lipinski definition) is 1. The molecule has 110 valence electrons. The molecular weight excluding hydrogens is 226 g/mol. The highest BCUT2D eigenvalue weighted by atomic mass is 16.5. The molecule has 0 aliphatic heterocycles. The molecule has 1 aliphatic carbocycles. The lowest BCUT2D eigenvalue weighted by molar-refractivity contribution is -0.148. The predicted molar refractivity (Wildman–Crippen MR) is 78.5 cm³/mol. The molecule has 1 aliphatic rings. The topological polar surface area (TPSA) is 52.3 Å². The Morgan fingerprint density at radius 2 is 1.56 bits per heavy atom. The summed E-state index contributed by atoms with van der Waals surface area (Å²) in [5.74, 6) is 0.446. The van der Waals surface area contributed by atoms with E-state index in [9.17, 15) is 4.79 Å². The van der Waals surface area contributed by atoms with E-state index < -0.39 is 0 Å². The lowest BCUT2D eigenvalue weighted by Crippen LogP contribution is -2.28. The van der Waals surface area contributed by atoms with Crippen LogP contribution in [0, 0.1) is 5.92 Å². The van der Waals surface area contributed by atoms with Crippen molar-refractivity contribution in [3.63, 3.8) is 0 Å². The molecule has 1 fully saturated rings. The maximum atomic E-state index is 11.3. The highest BCUT2D eigenvalue weighted by Crippen LogP contribution is 2.26. The van der Waals surface area contributed by atoms with Gasteiger partial charge in [0.25, 0.3) is 0 Å². The van der Waals surface area contributed by atoms with Crippen LogP contribution in [0.1, 0.15) is 73.6 Å². The molecule has 0 radical (unpaired) electrons. The van der Waals surface area contributed by atoms with Crippen LogP contribution in [0.4, 0.5) is 0 Å². The Hall–Kier alpha value is -0.570. The van der Waals surface area contributed by atoms with E-state index in [-0.39, 0.29) is 12.1 Å². The van der Waals surface area contributed by atoms with Gasteiger partial charge in [-0.05, 0) is 45.4 Å². The molecule has 0 aromatic carbocycles. The van der Waals surface area contributed by atoms with Gasteiger partial charge in [-0.3, -0.25) is 4.79 Å². The van der Waals surface area contributed by atoms with Gasteiger partial charge in [0.15, 0.2) is 0 Å². The fourth-order valence-electron chi connectivity index (χ4n) is 1.94. The van der Waals surface area contributed by atoms with Gasteiger partial charge >= 0.3 is 5.97 Å². The Bertz CT molecular complexity index is 185. The molecule has 1 rings (SSSR count). The largest absolute Gasteiger partial charge is 0.463 e. The SMILES string of the molecule is CC.CC.CC(C)OC(=O)CC1CCC(N)CC1. The van der Waals surface area contributed by atoms with Crippen molar-refractivity contribution in [1.29, 1.82) is 0 Å². The number of nitrogens with two attached hydrogens (primary N) is 1. The molecule has 3 heteroatoms. The molecule has 0 heterocycles. The number of carbonyl (C=O) groups is 1. The van der Waals surface area contributed by atoms with E-state index in [2.05, 4.69) is 0 Å². The minimum absolute atomic E-state index is 0.00773. The molecule has 0 unspecified atom stereocenters. The predicted octanol–water partition coefficient (Wildman–Crippen LogP) is 3.90. The van der Waals surface area contributed by atoms with Gasteiger partial charge in [-0.1, -0.05) is 27.7 Å². The Morgan fingerprint density at radius 3 is 1.94 bits per heavy atom. The fourth-order valence-corrected chi connectivity index (χ4v) is 1.94. The summed E-state index contributed by atoms with van der Waals surface area (Å²) in [6.45, 7) is 11.8. The van der Waals surface area contributed by atoms with Crippen LogP contribution in [0.5, 0.6) is 0 Å². The van der Waals surface area contributed by atoms with Crippen LogP contribution < -0.4 is 5.73 Å². The van der Waals surface area contributed by atoms with Crippen molar-refractivity contribution in [2.45, 2.75) is 85.8 Å². The van der Waals surface area contributed by atoms with Crippen molar-refractivity contribution in [3.05, 3.63) is 0 Å². The first-order valence-electron chi connectivity index (χ1n) is 7.53. The van der Waals surface area contributed by atoms with Crippen LogP contribution in [-0.2, 0) is 9.53 Å². The summed E-state index contributed by atoms with van der Waals surface area (Å²) in [5.41, 5.74) is 5.79. The van der Waals surface area contributed by atoms with Gasteiger partial charge in [0, 0.05) is 12.5 Å². The zero-order chi connectivity index (χ0) is 14.6. The van der Waals surface area contributed by atoms with E-state index in [0.717, 1.165) is 25.7 Å². The van der Waals surface area contributed by atoms with E-state index in [1.54, 1.807) is 0 Å².